The van der Waals surface area contributed by atoms with Crippen molar-refractivity contribution < 1.29 is 19.0 Å². The number of hydrogen-bond acceptors (Lipinski definition) is 6. The third-order valence-electron chi connectivity index (χ3n) is 8.32. The lowest BCUT2D eigenvalue weighted by Gasteiger charge is -2.39. The normalized spacial score (nSPS) is 15.1. The van der Waals surface area contributed by atoms with Gasteiger partial charge in [0.25, 0.3) is 0 Å². The first-order chi connectivity index (χ1) is 19.9. The fraction of sp³-hybridized carbons (Fsp3) is 0.571. The van der Waals surface area contributed by atoms with Crippen LogP contribution in [0.4, 0.5) is 0 Å². The molecule has 2 aromatic rings. The minimum atomic E-state index is -0.0551. The smallest absolute Gasteiger partial charge is 0.311 e. The van der Waals surface area contributed by atoms with E-state index < -0.39 is 0 Å². The number of nitrogens with zero attached hydrogens (tertiary/aromatic N) is 2. The van der Waals surface area contributed by atoms with Gasteiger partial charge in [0.1, 0.15) is 18.1 Å². The molecule has 41 heavy (non-hydrogen) atoms. The van der Waals surface area contributed by atoms with Gasteiger partial charge in [-0.15, -0.1) is 0 Å². The number of carbonyl (C=O) groups excluding carboxylic acids is 1. The van der Waals surface area contributed by atoms with Gasteiger partial charge in [0, 0.05) is 25.2 Å². The van der Waals surface area contributed by atoms with Gasteiger partial charge in [-0.05, 0) is 93.2 Å². The average molecular weight is 565 g/mol. The Hall–Kier alpha value is -2.83. The summed E-state index contributed by atoms with van der Waals surface area (Å²) in [5, 5.41) is 0. The summed E-state index contributed by atoms with van der Waals surface area (Å²) in [5.74, 6) is 1.77. The molecule has 0 amide bonds. The maximum Gasteiger partial charge on any atom is 0.311 e. The maximum absolute atomic E-state index is 11.9. The molecule has 0 atom stereocenters. The highest BCUT2D eigenvalue weighted by Gasteiger charge is 2.34. The number of fused-ring (bicyclic) bond motifs is 1. The van der Waals surface area contributed by atoms with Crippen LogP contribution in [-0.4, -0.2) is 68.8 Å². The second-order valence-electron chi connectivity index (χ2n) is 11.0. The first-order valence-electron chi connectivity index (χ1n) is 15.6. The molecule has 6 heteroatoms. The summed E-state index contributed by atoms with van der Waals surface area (Å²) in [6.07, 6.45) is 4.25. The van der Waals surface area contributed by atoms with E-state index in [0.717, 1.165) is 62.4 Å². The molecule has 1 aliphatic heterocycles. The van der Waals surface area contributed by atoms with E-state index in [-0.39, 0.29) is 11.9 Å². The zero-order valence-electron chi connectivity index (χ0n) is 26.6. The third kappa shape index (κ3) is 9.08. The Morgan fingerprint density at radius 2 is 1.71 bits per heavy atom. The molecule has 4 rings (SSSR count). The summed E-state index contributed by atoms with van der Waals surface area (Å²) in [4.78, 5) is 16.6. The molecule has 6 nitrogen and oxygen atoms in total. The third-order valence-corrected chi connectivity index (χ3v) is 8.32. The molecule has 226 valence electrons. The topological polar surface area (TPSA) is 51.2 Å². The Kier molecular flexibility index (Phi) is 13.2. The van der Waals surface area contributed by atoms with Gasteiger partial charge in [0.15, 0.2) is 0 Å². The Morgan fingerprint density at radius 1 is 0.976 bits per heavy atom. The molecule has 1 saturated heterocycles. The Morgan fingerprint density at radius 3 is 2.32 bits per heavy atom. The van der Waals surface area contributed by atoms with Crippen LogP contribution in [0.25, 0.3) is 5.57 Å². The van der Waals surface area contributed by atoms with Crippen LogP contribution < -0.4 is 9.47 Å². The first-order valence-corrected chi connectivity index (χ1v) is 15.6. The van der Waals surface area contributed by atoms with Crippen molar-refractivity contribution in [3.63, 3.8) is 0 Å². The van der Waals surface area contributed by atoms with Gasteiger partial charge in [-0.3, -0.25) is 9.69 Å². The second kappa shape index (κ2) is 16.6. The standard InChI is InChI=1S/C29H37NO4.C6H15N/c1-5-7-21-8-9-24(28(14-21)32-4)19-34-26-12-13-27-20(3)23(11-10-22(27)15-26)16-30-17-25(18-30)29(31)33-6-2;1-4-7(5-2)6-3/h8-9,12-15,25H,5-7,10-11,16-19H2,1-4H3;4-6H2,1-3H3. The zero-order chi connectivity index (χ0) is 29.8. The van der Waals surface area contributed by atoms with E-state index >= 15 is 0 Å². The molecule has 0 spiro atoms. The summed E-state index contributed by atoms with van der Waals surface area (Å²) >= 11 is 0. The maximum atomic E-state index is 11.9. The van der Waals surface area contributed by atoms with Crippen LogP contribution in [0.1, 0.15) is 76.6 Å². The fourth-order valence-corrected chi connectivity index (χ4v) is 5.66. The highest BCUT2D eigenvalue weighted by Crippen LogP contribution is 2.35. The van der Waals surface area contributed by atoms with Gasteiger partial charge in [0.2, 0.25) is 0 Å². The fourth-order valence-electron chi connectivity index (χ4n) is 5.66. The van der Waals surface area contributed by atoms with E-state index in [4.69, 9.17) is 14.2 Å². The van der Waals surface area contributed by atoms with Crippen molar-refractivity contribution in [3.8, 4) is 11.5 Å². The van der Waals surface area contributed by atoms with Crippen LogP contribution in [0.5, 0.6) is 11.5 Å². The van der Waals surface area contributed by atoms with E-state index in [9.17, 15) is 4.79 Å². The molecular weight excluding hydrogens is 512 g/mol. The molecule has 2 aliphatic rings. The number of ether oxygens (including phenoxy) is 3. The van der Waals surface area contributed by atoms with E-state index in [1.54, 1.807) is 7.11 Å². The van der Waals surface area contributed by atoms with E-state index in [0.29, 0.717) is 13.2 Å². The number of methoxy groups -OCH3 is 1. The SMILES string of the molecule is CCCc1ccc(COc2ccc3c(c2)CCC(CN2CC(C(=O)OCC)C2)=C3C)c(OC)c1.CCN(CC)CC. The number of carbonyl (C=O) groups is 1. The van der Waals surface area contributed by atoms with Crippen molar-refractivity contribution in [2.24, 2.45) is 5.92 Å². The lowest BCUT2D eigenvalue weighted by Crippen LogP contribution is -2.51. The number of rotatable bonds is 13. The molecule has 0 aromatic heterocycles. The van der Waals surface area contributed by atoms with Gasteiger partial charge in [-0.1, -0.05) is 57.9 Å². The van der Waals surface area contributed by atoms with Crippen LogP contribution in [-0.2, 0) is 29.0 Å². The van der Waals surface area contributed by atoms with Gasteiger partial charge in [0.05, 0.1) is 19.6 Å². The molecule has 0 unspecified atom stereocenters. The monoisotopic (exact) mass is 564 g/mol. The summed E-state index contributed by atoms with van der Waals surface area (Å²) in [7, 11) is 1.72. The molecule has 1 fully saturated rings. The van der Waals surface area contributed by atoms with E-state index in [2.05, 4.69) is 80.8 Å². The van der Waals surface area contributed by atoms with Crippen molar-refractivity contribution >= 4 is 11.5 Å². The van der Waals surface area contributed by atoms with Crippen molar-refractivity contribution in [2.45, 2.75) is 73.8 Å². The molecular formula is C35H52N2O4. The average Bonchev–Trinajstić information content (AvgIpc) is 2.96. The number of allylic oxidation sites excluding steroid dienone is 1. The summed E-state index contributed by atoms with van der Waals surface area (Å²) in [6.45, 7) is 19.9. The number of hydrogen-bond donors (Lipinski definition) is 0. The highest BCUT2D eigenvalue weighted by atomic mass is 16.5. The number of likely N-dealkylation sites (tertiary alicyclic amines) is 1. The quantitative estimate of drug-likeness (QED) is 0.250. The Labute approximate surface area is 248 Å². The summed E-state index contributed by atoms with van der Waals surface area (Å²) in [5.41, 5.74) is 7.86. The molecule has 0 radical (unpaired) electrons. The van der Waals surface area contributed by atoms with E-state index in [1.807, 2.05) is 6.92 Å². The number of benzene rings is 2. The number of esters is 1. The van der Waals surface area contributed by atoms with Crippen LogP contribution in [0.3, 0.4) is 0 Å². The van der Waals surface area contributed by atoms with Crippen molar-refractivity contribution in [3.05, 3.63) is 64.2 Å². The van der Waals surface area contributed by atoms with Gasteiger partial charge in [-0.2, -0.15) is 0 Å². The van der Waals surface area contributed by atoms with Crippen LogP contribution in [0, 0.1) is 5.92 Å². The van der Waals surface area contributed by atoms with Crippen LogP contribution in [0.2, 0.25) is 0 Å². The van der Waals surface area contributed by atoms with Gasteiger partial charge in [-0.25, -0.2) is 0 Å². The summed E-state index contributed by atoms with van der Waals surface area (Å²) < 4.78 is 16.9. The van der Waals surface area contributed by atoms with Crippen LogP contribution >= 0.6 is 0 Å². The highest BCUT2D eigenvalue weighted by molar-refractivity contribution is 5.74. The lowest BCUT2D eigenvalue weighted by atomic mass is 9.85. The molecule has 0 bridgehead atoms. The lowest BCUT2D eigenvalue weighted by molar-refractivity contribution is -0.153. The Bertz CT molecular complexity index is 1140. The largest absolute Gasteiger partial charge is 0.496 e. The molecule has 1 aliphatic carbocycles. The van der Waals surface area contributed by atoms with Crippen molar-refractivity contribution in [2.75, 3.05) is 53.0 Å². The summed E-state index contributed by atoms with van der Waals surface area (Å²) in [6, 6.07) is 12.9. The molecule has 2 aromatic carbocycles. The van der Waals surface area contributed by atoms with Crippen molar-refractivity contribution in [1.29, 1.82) is 0 Å². The Balaban J connectivity index is 0.000000587. The molecule has 0 saturated carbocycles. The predicted octanol–water partition coefficient (Wildman–Crippen LogP) is 6.79. The zero-order valence-corrected chi connectivity index (χ0v) is 26.6. The minimum absolute atomic E-state index is 0.0397. The molecule has 1 heterocycles. The minimum Gasteiger partial charge on any atom is -0.496 e. The van der Waals surface area contributed by atoms with Gasteiger partial charge >= 0.3 is 5.97 Å². The molecule has 0 N–H and O–H groups in total. The van der Waals surface area contributed by atoms with Crippen LogP contribution in [0.15, 0.2) is 42.0 Å². The number of aryl methyl sites for hydroxylation is 2. The second-order valence-corrected chi connectivity index (χ2v) is 11.0. The predicted molar refractivity (Wildman–Crippen MR) is 169 cm³/mol. The van der Waals surface area contributed by atoms with E-state index in [1.165, 1.54) is 47.5 Å². The van der Waals surface area contributed by atoms with Crippen molar-refractivity contribution in [1.82, 2.24) is 9.80 Å². The first kappa shape index (κ1) is 32.7. The van der Waals surface area contributed by atoms with Gasteiger partial charge < -0.3 is 19.1 Å².